The fraction of sp³-hybridized carbons (Fsp3) is 0.190. The van der Waals surface area contributed by atoms with Gasteiger partial charge in [0.25, 0.3) is 0 Å². The molecule has 2 aromatic carbocycles. The lowest BCUT2D eigenvalue weighted by molar-refractivity contribution is -0.137. The fourth-order valence-electron chi connectivity index (χ4n) is 3.06. The van der Waals surface area contributed by atoms with E-state index in [0.717, 1.165) is 29.7 Å². The van der Waals surface area contributed by atoms with E-state index in [1.165, 1.54) is 12.1 Å². The van der Waals surface area contributed by atoms with Crippen molar-refractivity contribution in [2.45, 2.75) is 19.5 Å². The van der Waals surface area contributed by atoms with Crippen molar-refractivity contribution in [1.82, 2.24) is 4.57 Å². The number of rotatable bonds is 3. The molecule has 0 radical (unpaired) electrons. The van der Waals surface area contributed by atoms with Crippen LogP contribution >= 0.6 is 0 Å². The van der Waals surface area contributed by atoms with Crippen LogP contribution < -0.4 is 5.43 Å². The van der Waals surface area contributed by atoms with Crippen LogP contribution in [0.25, 0.3) is 22.3 Å². The Morgan fingerprint density at radius 3 is 2.31 bits per heavy atom. The smallest absolute Gasteiger partial charge is 0.356 e. The summed E-state index contributed by atoms with van der Waals surface area (Å²) in [6.07, 6.45) is -0.412. The Morgan fingerprint density at radius 2 is 1.62 bits per heavy atom. The average Bonchev–Trinajstić information content (AvgIpc) is 2.62. The van der Waals surface area contributed by atoms with Crippen LogP contribution in [-0.2, 0) is 19.6 Å². The summed E-state index contributed by atoms with van der Waals surface area (Å²) in [5.41, 5.74) is 1.79. The number of pyridine rings is 1. The lowest BCUT2D eigenvalue weighted by atomic mass is 9.96. The van der Waals surface area contributed by atoms with Gasteiger partial charge in [-0.1, -0.05) is 43.3 Å². The van der Waals surface area contributed by atoms with E-state index in [1.54, 1.807) is 24.0 Å². The molecular weight excluding hydrogens is 339 g/mol. The quantitative estimate of drug-likeness (QED) is 0.623. The second-order valence-corrected chi connectivity index (χ2v) is 6.17. The molecule has 0 N–H and O–H groups in total. The minimum absolute atomic E-state index is 0.252. The van der Waals surface area contributed by atoms with Crippen LogP contribution in [0.5, 0.6) is 0 Å². The van der Waals surface area contributed by atoms with Crippen molar-refractivity contribution in [3.8, 4) is 22.3 Å². The Labute approximate surface area is 149 Å². The lowest BCUT2D eigenvalue weighted by Gasteiger charge is -2.13. The molecule has 0 saturated heterocycles. The van der Waals surface area contributed by atoms with E-state index >= 15 is 0 Å². The summed E-state index contributed by atoms with van der Waals surface area (Å²) in [6, 6.07) is 12.5. The molecule has 0 aliphatic carbocycles. The van der Waals surface area contributed by atoms with Crippen molar-refractivity contribution in [3.05, 3.63) is 82.3 Å². The number of hydrogen-bond acceptors (Lipinski definition) is 1. The molecule has 0 amide bonds. The van der Waals surface area contributed by atoms with Crippen molar-refractivity contribution < 1.29 is 13.2 Å². The standard InChI is InChI=1S/C21H18F3NO/c1-3-14-7-4-5-10-17(14)19-13-25(2)12-18(20(19)26)15-8-6-9-16(11-15)21(22,23)24/h4-13H,3H2,1-2H3. The number of hydrogen-bond donors (Lipinski definition) is 0. The van der Waals surface area contributed by atoms with Gasteiger partial charge in [0.05, 0.1) is 5.56 Å². The molecule has 0 aliphatic heterocycles. The zero-order valence-corrected chi connectivity index (χ0v) is 14.5. The highest BCUT2D eigenvalue weighted by atomic mass is 19.4. The van der Waals surface area contributed by atoms with Gasteiger partial charge < -0.3 is 4.57 Å². The number of benzene rings is 2. The maximum atomic E-state index is 13.1. The zero-order valence-electron chi connectivity index (χ0n) is 14.5. The van der Waals surface area contributed by atoms with Gasteiger partial charge in [-0.05, 0) is 35.2 Å². The van der Waals surface area contributed by atoms with E-state index in [1.807, 2.05) is 31.2 Å². The Kier molecular flexibility index (Phi) is 4.72. The van der Waals surface area contributed by atoms with E-state index < -0.39 is 11.7 Å². The third-order valence-electron chi connectivity index (χ3n) is 4.34. The monoisotopic (exact) mass is 357 g/mol. The second kappa shape index (κ2) is 6.83. The Morgan fingerprint density at radius 1 is 0.923 bits per heavy atom. The summed E-state index contributed by atoms with van der Waals surface area (Å²) in [5.74, 6) is 0. The van der Waals surface area contributed by atoms with E-state index in [-0.39, 0.29) is 16.6 Å². The first-order valence-electron chi connectivity index (χ1n) is 8.27. The molecule has 0 fully saturated rings. The molecule has 3 rings (SSSR count). The van der Waals surface area contributed by atoms with Crippen molar-refractivity contribution >= 4 is 0 Å². The Balaban J connectivity index is 2.23. The van der Waals surface area contributed by atoms with Crippen LogP contribution in [0.15, 0.2) is 65.7 Å². The molecule has 1 heterocycles. The molecule has 0 atom stereocenters. The van der Waals surface area contributed by atoms with Crippen LogP contribution in [0.3, 0.4) is 0 Å². The highest BCUT2D eigenvalue weighted by Crippen LogP contribution is 2.32. The van der Waals surface area contributed by atoms with Crippen LogP contribution in [0.2, 0.25) is 0 Å². The fourth-order valence-corrected chi connectivity index (χ4v) is 3.06. The molecule has 5 heteroatoms. The van der Waals surface area contributed by atoms with Gasteiger partial charge in [-0.2, -0.15) is 13.2 Å². The largest absolute Gasteiger partial charge is 0.416 e. The van der Waals surface area contributed by atoms with Gasteiger partial charge in [0.2, 0.25) is 0 Å². The first-order valence-corrected chi connectivity index (χ1v) is 8.27. The van der Waals surface area contributed by atoms with Crippen LogP contribution in [0, 0.1) is 0 Å². The molecule has 0 unspecified atom stereocenters. The maximum Gasteiger partial charge on any atom is 0.416 e. The molecule has 0 aliphatic rings. The summed E-state index contributed by atoms with van der Waals surface area (Å²) in [5, 5.41) is 0. The van der Waals surface area contributed by atoms with Gasteiger partial charge in [0.1, 0.15) is 0 Å². The van der Waals surface area contributed by atoms with Crippen molar-refractivity contribution in [2.24, 2.45) is 7.05 Å². The van der Waals surface area contributed by atoms with E-state index in [0.29, 0.717) is 5.56 Å². The molecule has 0 saturated carbocycles. The van der Waals surface area contributed by atoms with Gasteiger partial charge in [-0.3, -0.25) is 4.79 Å². The van der Waals surface area contributed by atoms with Crippen molar-refractivity contribution in [2.75, 3.05) is 0 Å². The highest BCUT2D eigenvalue weighted by molar-refractivity contribution is 5.74. The molecule has 0 spiro atoms. The minimum Gasteiger partial charge on any atom is -0.356 e. The number of halogens is 3. The van der Waals surface area contributed by atoms with Gasteiger partial charge >= 0.3 is 6.18 Å². The normalized spacial score (nSPS) is 11.6. The predicted octanol–water partition coefficient (Wildman–Crippen LogP) is 5.30. The maximum absolute atomic E-state index is 13.1. The number of aromatic nitrogens is 1. The van der Waals surface area contributed by atoms with E-state index in [9.17, 15) is 18.0 Å². The van der Waals surface area contributed by atoms with Crippen LogP contribution in [0.4, 0.5) is 13.2 Å². The summed E-state index contributed by atoms with van der Waals surface area (Å²) in [7, 11) is 1.76. The SMILES string of the molecule is CCc1ccccc1-c1cn(C)cc(-c2cccc(C(F)(F)F)c2)c1=O. The third kappa shape index (κ3) is 3.43. The molecule has 3 aromatic rings. The van der Waals surface area contributed by atoms with Crippen LogP contribution in [-0.4, -0.2) is 4.57 Å². The Bertz CT molecular complexity index is 1000. The van der Waals surface area contributed by atoms with Gasteiger partial charge in [0, 0.05) is 30.6 Å². The number of alkyl halides is 3. The summed E-state index contributed by atoms with van der Waals surface area (Å²) in [6.45, 7) is 2.00. The number of aryl methyl sites for hydroxylation is 2. The van der Waals surface area contributed by atoms with Gasteiger partial charge in [-0.15, -0.1) is 0 Å². The zero-order chi connectivity index (χ0) is 18.9. The van der Waals surface area contributed by atoms with E-state index in [2.05, 4.69) is 0 Å². The van der Waals surface area contributed by atoms with Gasteiger partial charge in [-0.25, -0.2) is 0 Å². The van der Waals surface area contributed by atoms with Gasteiger partial charge in [0.15, 0.2) is 5.43 Å². The molecule has 26 heavy (non-hydrogen) atoms. The first kappa shape index (κ1) is 18.0. The lowest BCUT2D eigenvalue weighted by Crippen LogP contribution is -2.13. The minimum atomic E-state index is -4.45. The highest BCUT2D eigenvalue weighted by Gasteiger charge is 2.30. The van der Waals surface area contributed by atoms with E-state index in [4.69, 9.17) is 0 Å². The topological polar surface area (TPSA) is 22.0 Å². The summed E-state index contributed by atoms with van der Waals surface area (Å²) in [4.78, 5) is 13.1. The van der Waals surface area contributed by atoms with Crippen LogP contribution in [0.1, 0.15) is 18.1 Å². The summed E-state index contributed by atoms with van der Waals surface area (Å²) < 4.78 is 40.8. The first-order chi connectivity index (χ1) is 12.3. The molecule has 0 bridgehead atoms. The van der Waals surface area contributed by atoms with Crippen molar-refractivity contribution in [1.29, 1.82) is 0 Å². The second-order valence-electron chi connectivity index (χ2n) is 6.17. The molecule has 134 valence electrons. The summed E-state index contributed by atoms with van der Waals surface area (Å²) >= 11 is 0. The predicted molar refractivity (Wildman–Crippen MR) is 96.9 cm³/mol. The average molecular weight is 357 g/mol. The molecule has 1 aromatic heterocycles. The third-order valence-corrected chi connectivity index (χ3v) is 4.34. The molecule has 2 nitrogen and oxygen atoms in total. The Hall–Kier alpha value is -2.82. The van der Waals surface area contributed by atoms with Crippen molar-refractivity contribution in [3.63, 3.8) is 0 Å². The molecular formula is C21H18F3NO. The number of nitrogens with zero attached hydrogens (tertiary/aromatic N) is 1.